The Hall–Kier alpha value is -1.14. The van der Waals surface area contributed by atoms with Crippen molar-refractivity contribution in [3.05, 3.63) is 0 Å². The molecular formula is C10H19N3O3. The Bertz CT molecular complexity index is 270. The zero-order valence-corrected chi connectivity index (χ0v) is 9.69. The van der Waals surface area contributed by atoms with Gasteiger partial charge < -0.3 is 10.4 Å². The Labute approximate surface area is 95.0 Å². The quantitative estimate of drug-likeness (QED) is 0.597. The number of imide groups is 1. The minimum atomic E-state index is -0.473. The molecule has 0 radical (unpaired) electrons. The van der Waals surface area contributed by atoms with E-state index in [1.165, 1.54) is 0 Å². The molecule has 2 atom stereocenters. The van der Waals surface area contributed by atoms with Crippen LogP contribution in [-0.4, -0.2) is 53.7 Å². The molecule has 0 aliphatic carbocycles. The Balaban J connectivity index is 2.38. The van der Waals surface area contributed by atoms with E-state index in [1.807, 2.05) is 4.90 Å². The molecule has 1 rings (SSSR count). The van der Waals surface area contributed by atoms with Gasteiger partial charge in [0.15, 0.2) is 0 Å². The fraction of sp³-hybridized carbons (Fsp3) is 0.800. The number of rotatable bonds is 3. The van der Waals surface area contributed by atoms with E-state index in [9.17, 15) is 14.7 Å². The maximum absolute atomic E-state index is 11.6. The van der Waals surface area contributed by atoms with Crippen molar-refractivity contribution in [2.24, 2.45) is 0 Å². The Morgan fingerprint density at radius 2 is 2.25 bits per heavy atom. The Kier molecular flexibility index (Phi) is 4.70. The maximum Gasteiger partial charge on any atom is 0.321 e. The van der Waals surface area contributed by atoms with E-state index in [1.54, 1.807) is 13.8 Å². The van der Waals surface area contributed by atoms with Crippen molar-refractivity contribution in [3.8, 4) is 0 Å². The summed E-state index contributed by atoms with van der Waals surface area (Å²) in [6.07, 6.45) is 0.318. The van der Waals surface area contributed by atoms with Crippen molar-refractivity contribution in [3.63, 3.8) is 0 Å². The third-order valence-electron chi connectivity index (χ3n) is 2.70. The lowest BCUT2D eigenvalue weighted by Crippen LogP contribution is -2.49. The molecule has 1 aliphatic heterocycles. The second kappa shape index (κ2) is 5.81. The first-order chi connectivity index (χ1) is 7.54. The van der Waals surface area contributed by atoms with E-state index in [2.05, 4.69) is 10.6 Å². The number of amides is 3. The summed E-state index contributed by atoms with van der Waals surface area (Å²) in [5.41, 5.74) is 0. The number of aliphatic hydroxyl groups is 1. The van der Waals surface area contributed by atoms with Crippen LogP contribution in [0.2, 0.25) is 0 Å². The third-order valence-corrected chi connectivity index (χ3v) is 2.70. The molecule has 1 heterocycles. The van der Waals surface area contributed by atoms with Crippen molar-refractivity contribution in [2.75, 3.05) is 19.6 Å². The molecule has 16 heavy (non-hydrogen) atoms. The summed E-state index contributed by atoms with van der Waals surface area (Å²) in [6, 6.07) is -0.862. The van der Waals surface area contributed by atoms with Crippen LogP contribution < -0.4 is 10.6 Å². The number of aliphatic hydroxyl groups excluding tert-OH is 1. The Morgan fingerprint density at radius 3 is 2.75 bits per heavy atom. The van der Waals surface area contributed by atoms with E-state index in [0.717, 1.165) is 0 Å². The predicted molar refractivity (Wildman–Crippen MR) is 58.9 cm³/mol. The fourth-order valence-electron chi connectivity index (χ4n) is 1.71. The fourth-order valence-corrected chi connectivity index (χ4v) is 1.71. The van der Waals surface area contributed by atoms with E-state index in [0.29, 0.717) is 26.1 Å². The minimum Gasteiger partial charge on any atom is -0.392 e. The molecule has 0 saturated carbocycles. The molecule has 3 N–H and O–H groups in total. The summed E-state index contributed by atoms with van der Waals surface area (Å²) in [7, 11) is 0. The molecule has 0 spiro atoms. The van der Waals surface area contributed by atoms with Gasteiger partial charge >= 0.3 is 6.03 Å². The second-order valence-electron chi connectivity index (χ2n) is 3.96. The van der Waals surface area contributed by atoms with Crippen LogP contribution in [0, 0.1) is 0 Å². The standard InChI is InChI=1S/C10H19N3O3/c1-3-11-10(16)12-9(15)7(2)13-5-4-8(14)6-13/h7-8,14H,3-6H2,1-2H3,(H2,11,12,15,16)/t7?,8-/m1/s1. The van der Waals surface area contributed by atoms with Crippen LogP contribution in [-0.2, 0) is 4.79 Å². The highest BCUT2D eigenvalue weighted by Crippen LogP contribution is 2.12. The highest BCUT2D eigenvalue weighted by atomic mass is 16.3. The molecule has 0 aromatic carbocycles. The van der Waals surface area contributed by atoms with Gasteiger partial charge in [0.05, 0.1) is 12.1 Å². The zero-order chi connectivity index (χ0) is 12.1. The molecule has 3 amide bonds. The topological polar surface area (TPSA) is 81.7 Å². The van der Waals surface area contributed by atoms with Gasteiger partial charge in [0.25, 0.3) is 0 Å². The summed E-state index contributed by atoms with van der Waals surface area (Å²) >= 11 is 0. The van der Waals surface area contributed by atoms with Gasteiger partial charge in [-0.3, -0.25) is 15.0 Å². The number of β-amino-alcohol motifs (C(OH)–C–C–N with tert-alkyl or cyclic N) is 1. The first-order valence-corrected chi connectivity index (χ1v) is 5.55. The molecule has 1 fully saturated rings. The lowest BCUT2D eigenvalue weighted by atomic mass is 10.3. The van der Waals surface area contributed by atoms with Crippen molar-refractivity contribution in [1.82, 2.24) is 15.5 Å². The van der Waals surface area contributed by atoms with Gasteiger partial charge in [-0.25, -0.2) is 4.79 Å². The van der Waals surface area contributed by atoms with Crippen LogP contribution in [0.15, 0.2) is 0 Å². The number of likely N-dealkylation sites (tertiary alicyclic amines) is 1. The first kappa shape index (κ1) is 12.9. The normalized spacial score (nSPS) is 22.8. The average Bonchev–Trinajstić information content (AvgIpc) is 2.64. The van der Waals surface area contributed by atoms with Gasteiger partial charge in [0.1, 0.15) is 0 Å². The lowest BCUT2D eigenvalue weighted by molar-refractivity contribution is -0.124. The molecule has 6 heteroatoms. The monoisotopic (exact) mass is 229 g/mol. The number of carbonyl (C=O) groups excluding carboxylic acids is 2. The molecule has 0 aromatic heterocycles. The van der Waals surface area contributed by atoms with Crippen molar-refractivity contribution >= 4 is 11.9 Å². The smallest absolute Gasteiger partial charge is 0.321 e. The van der Waals surface area contributed by atoms with Crippen LogP contribution >= 0.6 is 0 Å². The average molecular weight is 229 g/mol. The largest absolute Gasteiger partial charge is 0.392 e. The van der Waals surface area contributed by atoms with Gasteiger partial charge in [-0.05, 0) is 20.3 Å². The SMILES string of the molecule is CCNC(=O)NC(=O)C(C)N1CC[C@@H](O)C1. The summed E-state index contributed by atoms with van der Waals surface area (Å²) < 4.78 is 0. The van der Waals surface area contributed by atoms with Crippen molar-refractivity contribution in [2.45, 2.75) is 32.4 Å². The summed E-state index contributed by atoms with van der Waals surface area (Å²) in [4.78, 5) is 24.6. The maximum atomic E-state index is 11.6. The number of hydrogen-bond donors (Lipinski definition) is 3. The summed E-state index contributed by atoms with van der Waals surface area (Å²) in [5, 5.41) is 14.1. The zero-order valence-electron chi connectivity index (χ0n) is 9.69. The Morgan fingerprint density at radius 1 is 1.56 bits per heavy atom. The van der Waals surface area contributed by atoms with E-state index in [4.69, 9.17) is 0 Å². The van der Waals surface area contributed by atoms with Crippen LogP contribution in [0.1, 0.15) is 20.3 Å². The molecule has 92 valence electrons. The minimum absolute atomic E-state index is 0.333. The van der Waals surface area contributed by atoms with Gasteiger partial charge in [-0.15, -0.1) is 0 Å². The van der Waals surface area contributed by atoms with Crippen LogP contribution in [0.3, 0.4) is 0 Å². The van der Waals surface area contributed by atoms with Gasteiger partial charge in [-0.2, -0.15) is 0 Å². The van der Waals surface area contributed by atoms with E-state index < -0.39 is 6.03 Å². The first-order valence-electron chi connectivity index (χ1n) is 5.55. The lowest BCUT2D eigenvalue weighted by Gasteiger charge is -2.22. The van der Waals surface area contributed by atoms with Crippen LogP contribution in [0.5, 0.6) is 0 Å². The second-order valence-corrected chi connectivity index (χ2v) is 3.96. The predicted octanol–water partition coefficient (Wildman–Crippen LogP) is -0.713. The number of nitrogens with one attached hydrogen (secondary N) is 2. The van der Waals surface area contributed by atoms with Crippen molar-refractivity contribution in [1.29, 1.82) is 0 Å². The van der Waals surface area contributed by atoms with E-state index in [-0.39, 0.29) is 18.1 Å². The number of urea groups is 1. The summed E-state index contributed by atoms with van der Waals surface area (Å²) in [5.74, 6) is -0.333. The van der Waals surface area contributed by atoms with Gasteiger partial charge in [0.2, 0.25) is 5.91 Å². The summed E-state index contributed by atoms with van der Waals surface area (Å²) in [6.45, 7) is 5.17. The molecule has 6 nitrogen and oxygen atoms in total. The molecule has 0 aromatic rings. The molecule has 1 unspecified atom stereocenters. The molecule has 1 aliphatic rings. The third kappa shape index (κ3) is 3.46. The highest BCUT2D eigenvalue weighted by molar-refractivity contribution is 5.96. The molecule has 1 saturated heterocycles. The molecular weight excluding hydrogens is 210 g/mol. The number of nitrogens with zero attached hydrogens (tertiary/aromatic N) is 1. The van der Waals surface area contributed by atoms with Gasteiger partial charge in [-0.1, -0.05) is 0 Å². The van der Waals surface area contributed by atoms with Crippen molar-refractivity contribution < 1.29 is 14.7 Å². The number of carbonyl (C=O) groups is 2. The number of hydrogen-bond acceptors (Lipinski definition) is 4. The highest BCUT2D eigenvalue weighted by Gasteiger charge is 2.28. The van der Waals surface area contributed by atoms with E-state index >= 15 is 0 Å². The molecule has 0 bridgehead atoms. The van der Waals surface area contributed by atoms with Crippen LogP contribution in [0.25, 0.3) is 0 Å². The van der Waals surface area contributed by atoms with Gasteiger partial charge in [0, 0.05) is 19.6 Å². The van der Waals surface area contributed by atoms with Crippen LogP contribution in [0.4, 0.5) is 4.79 Å².